The molecule has 2 bridgehead atoms. The van der Waals surface area contributed by atoms with Gasteiger partial charge in [0.25, 0.3) is 0 Å². The monoisotopic (exact) mass is 311 g/mol. The van der Waals surface area contributed by atoms with Crippen LogP contribution in [0.2, 0.25) is 0 Å². The number of carbonyl (C=O) groups is 1. The van der Waals surface area contributed by atoms with Crippen LogP contribution in [0.15, 0.2) is 0 Å². The molecule has 18 heavy (non-hydrogen) atoms. The third-order valence-corrected chi connectivity index (χ3v) is 8.64. The van der Waals surface area contributed by atoms with Crippen molar-refractivity contribution in [3.05, 3.63) is 0 Å². The fourth-order valence-corrected chi connectivity index (χ4v) is 8.80. The number of ether oxygens (including phenoxy) is 2. The maximum atomic E-state index is 11.4. The van der Waals surface area contributed by atoms with E-state index in [4.69, 9.17) is 9.47 Å². The SMILES string of the molecule is CC(=O)NC12C3[C@@H]4[C@H]1C1[C@@H]2[C@@H]3C4(Br)C12OCCO2. The van der Waals surface area contributed by atoms with Crippen molar-refractivity contribution in [1.29, 1.82) is 0 Å². The summed E-state index contributed by atoms with van der Waals surface area (Å²) in [5.41, 5.74) is 0.141. The number of amides is 1. The summed E-state index contributed by atoms with van der Waals surface area (Å²) in [4.78, 5) is 11.4. The van der Waals surface area contributed by atoms with Crippen LogP contribution in [0, 0.1) is 35.5 Å². The Kier molecular flexibility index (Phi) is 1.19. The molecule has 0 unspecified atom stereocenters. The minimum atomic E-state index is -0.355. The van der Waals surface area contributed by atoms with E-state index in [0.717, 1.165) is 13.2 Å². The summed E-state index contributed by atoms with van der Waals surface area (Å²) < 4.78 is 12.2. The van der Waals surface area contributed by atoms with Crippen molar-refractivity contribution in [3.8, 4) is 0 Å². The standard InChI is InChI=1S/C13H14BrNO3/c1-4(16)15-11-5-8-6(11)10-7(11)9(5)12(8,14)13(10)17-2-3-18-13/h5-10H,2-3H2,1H3,(H,15,16)/t5?,6-,7-,8+,9+,10?,11?,12?/m0/s1. The molecule has 0 radical (unpaired) electrons. The topological polar surface area (TPSA) is 47.6 Å². The molecule has 4 atom stereocenters. The number of rotatable bonds is 1. The number of alkyl halides is 1. The molecule has 5 heteroatoms. The molecule has 0 aromatic rings. The van der Waals surface area contributed by atoms with Crippen LogP contribution in [0.1, 0.15) is 6.92 Å². The third kappa shape index (κ3) is 0.511. The van der Waals surface area contributed by atoms with Gasteiger partial charge in [-0.05, 0) is 29.6 Å². The van der Waals surface area contributed by atoms with Gasteiger partial charge < -0.3 is 14.8 Å². The average molecular weight is 312 g/mol. The fraction of sp³-hybridized carbons (Fsp3) is 0.923. The van der Waals surface area contributed by atoms with E-state index in [9.17, 15) is 4.79 Å². The lowest BCUT2D eigenvalue weighted by Gasteiger charge is -2.91. The number of hydrogen-bond acceptors (Lipinski definition) is 3. The summed E-state index contributed by atoms with van der Waals surface area (Å²) in [7, 11) is 0. The minimum Gasteiger partial charge on any atom is -0.350 e. The van der Waals surface area contributed by atoms with Gasteiger partial charge in [0, 0.05) is 12.8 Å². The van der Waals surface area contributed by atoms with Crippen molar-refractivity contribution in [2.45, 2.75) is 22.6 Å². The van der Waals surface area contributed by atoms with Crippen LogP contribution < -0.4 is 5.32 Å². The molecule has 6 saturated carbocycles. The summed E-state index contributed by atoms with van der Waals surface area (Å²) in [6.07, 6.45) is 0. The molecule has 6 aliphatic carbocycles. The van der Waals surface area contributed by atoms with Gasteiger partial charge in [0.15, 0.2) is 5.79 Å². The Morgan fingerprint density at radius 1 is 1.11 bits per heavy atom. The molecule has 96 valence electrons. The Balaban J connectivity index is 1.49. The zero-order valence-corrected chi connectivity index (χ0v) is 11.6. The first-order valence-corrected chi connectivity index (χ1v) is 7.65. The quantitative estimate of drug-likeness (QED) is 0.718. The number of carbonyl (C=O) groups excluding carboxylic acids is 1. The highest BCUT2D eigenvalue weighted by molar-refractivity contribution is 9.10. The Morgan fingerprint density at radius 3 is 2.22 bits per heavy atom. The van der Waals surface area contributed by atoms with E-state index >= 15 is 0 Å². The van der Waals surface area contributed by atoms with Crippen LogP contribution in [-0.2, 0) is 14.3 Å². The molecule has 1 heterocycles. The highest BCUT2D eigenvalue weighted by atomic mass is 79.9. The van der Waals surface area contributed by atoms with Gasteiger partial charge in [-0.2, -0.15) is 0 Å². The van der Waals surface area contributed by atoms with E-state index in [0.29, 0.717) is 35.5 Å². The first kappa shape index (κ1) is 9.72. The number of nitrogens with one attached hydrogen (secondary N) is 1. The van der Waals surface area contributed by atoms with E-state index in [2.05, 4.69) is 21.2 Å². The van der Waals surface area contributed by atoms with E-state index in [1.54, 1.807) is 6.92 Å². The lowest BCUT2D eigenvalue weighted by atomic mass is 9.16. The maximum Gasteiger partial charge on any atom is 0.217 e. The molecule has 1 N–H and O–H groups in total. The Bertz CT molecular complexity index is 508. The van der Waals surface area contributed by atoms with Gasteiger partial charge in [0.2, 0.25) is 5.91 Å². The third-order valence-electron chi connectivity index (χ3n) is 7.03. The number of hydrogen-bond donors (Lipinski definition) is 1. The van der Waals surface area contributed by atoms with Crippen molar-refractivity contribution in [2.24, 2.45) is 35.5 Å². The van der Waals surface area contributed by atoms with Crippen LogP contribution in [0.25, 0.3) is 0 Å². The Morgan fingerprint density at radius 2 is 1.67 bits per heavy atom. The van der Waals surface area contributed by atoms with Gasteiger partial charge in [-0.1, -0.05) is 15.9 Å². The van der Waals surface area contributed by atoms with Gasteiger partial charge >= 0.3 is 0 Å². The highest BCUT2D eigenvalue weighted by Crippen LogP contribution is 3.01. The molecule has 4 nitrogen and oxygen atoms in total. The normalized spacial score (nSPS) is 69.9. The van der Waals surface area contributed by atoms with Crippen molar-refractivity contribution >= 4 is 21.8 Å². The van der Waals surface area contributed by atoms with Crippen molar-refractivity contribution in [2.75, 3.05) is 13.2 Å². The van der Waals surface area contributed by atoms with Crippen LogP contribution >= 0.6 is 15.9 Å². The smallest absolute Gasteiger partial charge is 0.217 e. The van der Waals surface area contributed by atoms with Crippen LogP contribution in [0.3, 0.4) is 0 Å². The second-order valence-corrected chi connectivity index (χ2v) is 8.21. The van der Waals surface area contributed by atoms with Crippen molar-refractivity contribution in [1.82, 2.24) is 5.32 Å². The van der Waals surface area contributed by atoms with Crippen LogP contribution in [0.5, 0.6) is 0 Å². The maximum absolute atomic E-state index is 11.4. The van der Waals surface area contributed by atoms with Gasteiger partial charge in [-0.3, -0.25) is 4.79 Å². The lowest BCUT2D eigenvalue weighted by molar-refractivity contribution is -0.391. The summed E-state index contributed by atoms with van der Waals surface area (Å²) in [5.74, 6) is 3.51. The molecule has 1 aliphatic heterocycles. The van der Waals surface area contributed by atoms with Gasteiger partial charge in [0.05, 0.1) is 23.1 Å². The van der Waals surface area contributed by atoms with Crippen LogP contribution in [0.4, 0.5) is 0 Å². The molecule has 0 aromatic heterocycles. The zero-order valence-electron chi connectivity index (χ0n) is 9.98. The first-order chi connectivity index (χ1) is 8.61. The molecule has 7 rings (SSSR count). The van der Waals surface area contributed by atoms with Gasteiger partial charge in [0.1, 0.15) is 0 Å². The van der Waals surface area contributed by atoms with E-state index in [-0.39, 0.29) is 21.6 Å². The summed E-state index contributed by atoms with van der Waals surface area (Å²) >= 11 is 4.00. The molecule has 7 fully saturated rings. The Labute approximate surface area is 113 Å². The second kappa shape index (κ2) is 2.21. The molecule has 1 spiro atoms. The average Bonchev–Trinajstić information content (AvgIpc) is 2.86. The highest BCUT2D eigenvalue weighted by Gasteiger charge is 3.09. The lowest BCUT2D eigenvalue weighted by Crippen LogP contribution is -2.99. The molecule has 7 aliphatic rings. The summed E-state index contributed by atoms with van der Waals surface area (Å²) in [6, 6.07) is 0. The first-order valence-electron chi connectivity index (χ1n) is 6.86. The van der Waals surface area contributed by atoms with E-state index in [1.165, 1.54) is 0 Å². The molecular formula is C13H14BrNO3. The minimum absolute atomic E-state index is 0.0708. The molecule has 1 amide bonds. The van der Waals surface area contributed by atoms with Gasteiger partial charge in [-0.25, -0.2) is 0 Å². The predicted octanol–water partition coefficient (Wildman–Crippen LogP) is 0.503. The molecule has 1 saturated heterocycles. The predicted molar refractivity (Wildman–Crippen MR) is 63.8 cm³/mol. The largest absolute Gasteiger partial charge is 0.350 e. The molecular weight excluding hydrogens is 298 g/mol. The van der Waals surface area contributed by atoms with Crippen molar-refractivity contribution in [3.63, 3.8) is 0 Å². The fourth-order valence-electron chi connectivity index (χ4n) is 7.17. The summed E-state index contributed by atoms with van der Waals surface area (Å²) in [5, 5.41) is 3.26. The second-order valence-electron chi connectivity index (χ2n) is 6.90. The number of halogens is 1. The zero-order chi connectivity index (χ0) is 12.1. The Hall–Kier alpha value is -0.130. The van der Waals surface area contributed by atoms with Crippen molar-refractivity contribution < 1.29 is 14.3 Å². The van der Waals surface area contributed by atoms with Crippen LogP contribution in [-0.4, -0.2) is 34.8 Å². The molecule has 0 aromatic carbocycles. The van der Waals surface area contributed by atoms with Gasteiger partial charge in [-0.15, -0.1) is 0 Å². The van der Waals surface area contributed by atoms with E-state index in [1.807, 2.05) is 0 Å². The van der Waals surface area contributed by atoms with E-state index < -0.39 is 0 Å². The summed E-state index contributed by atoms with van der Waals surface area (Å²) in [6.45, 7) is 3.08.